The van der Waals surface area contributed by atoms with Crippen molar-refractivity contribution < 1.29 is 30.8 Å². The molecule has 0 fully saturated rings. The monoisotopic (exact) mass is 530 g/mol. The van der Waals surface area contributed by atoms with Crippen molar-refractivity contribution in [1.29, 1.82) is 0 Å². The average molecular weight is 531 g/mol. The first-order valence-corrected chi connectivity index (χ1v) is 12.7. The van der Waals surface area contributed by atoms with Gasteiger partial charge in [-0.2, -0.15) is 13.2 Å². The number of rotatable bonds is 9. The zero-order valence-corrected chi connectivity index (χ0v) is 20.0. The second-order valence-electron chi connectivity index (χ2n) is 7.96. The van der Waals surface area contributed by atoms with Gasteiger partial charge in [-0.3, -0.25) is 14.5 Å². The first kappa shape index (κ1) is 25.9. The number of carbonyl (C=O) groups is 1. The minimum absolute atomic E-state index is 0.0227. The quantitative estimate of drug-likeness (QED) is 0.325. The fraction of sp³-hybridized carbons (Fsp3) is 0.160. The Hall–Kier alpha value is -4.19. The molecule has 0 radical (unpaired) electrons. The third kappa shape index (κ3) is 7.17. The molecule has 2 heterocycles. The van der Waals surface area contributed by atoms with Crippen LogP contribution in [0.3, 0.4) is 0 Å². The molecule has 4 rings (SSSR count). The standard InChI is InChI=1S/C25H21F3N4O4S/c26-25(27,28)22-11-6-17(14-29-22)15-31-24(33)19-7-9-20(10-8-19)32-37(34,35)13-12-23-30-16-21(36-23)18-4-2-1-3-5-18/h1-11,14,16,32H,12-13,15H2,(H,31,33). The molecule has 0 aliphatic heterocycles. The number of nitrogens with zero attached hydrogens (tertiary/aromatic N) is 2. The molecule has 37 heavy (non-hydrogen) atoms. The van der Waals surface area contributed by atoms with E-state index >= 15 is 0 Å². The van der Waals surface area contributed by atoms with E-state index in [0.29, 0.717) is 17.2 Å². The van der Waals surface area contributed by atoms with Crippen LogP contribution in [0.25, 0.3) is 11.3 Å². The highest BCUT2D eigenvalue weighted by Gasteiger charge is 2.32. The summed E-state index contributed by atoms with van der Waals surface area (Å²) in [6.07, 6.45) is -1.88. The van der Waals surface area contributed by atoms with E-state index in [-0.39, 0.29) is 30.0 Å². The van der Waals surface area contributed by atoms with Crippen molar-refractivity contribution in [3.63, 3.8) is 0 Å². The summed E-state index contributed by atoms with van der Waals surface area (Å²) in [6, 6.07) is 17.1. The zero-order valence-electron chi connectivity index (χ0n) is 19.2. The van der Waals surface area contributed by atoms with E-state index in [1.807, 2.05) is 30.3 Å². The van der Waals surface area contributed by atoms with Crippen LogP contribution in [-0.4, -0.2) is 30.0 Å². The Morgan fingerprint density at radius 1 is 0.919 bits per heavy atom. The number of pyridine rings is 1. The van der Waals surface area contributed by atoms with Crippen molar-refractivity contribution in [3.05, 3.63) is 102 Å². The van der Waals surface area contributed by atoms with E-state index in [1.165, 1.54) is 30.3 Å². The minimum atomic E-state index is -4.54. The highest BCUT2D eigenvalue weighted by atomic mass is 32.2. The normalized spacial score (nSPS) is 11.8. The molecule has 0 spiro atoms. The number of alkyl halides is 3. The van der Waals surface area contributed by atoms with Crippen LogP contribution in [0.1, 0.15) is 27.5 Å². The van der Waals surface area contributed by atoms with E-state index in [9.17, 15) is 26.4 Å². The van der Waals surface area contributed by atoms with E-state index in [2.05, 4.69) is 20.0 Å². The summed E-state index contributed by atoms with van der Waals surface area (Å²) in [7, 11) is -3.72. The first-order chi connectivity index (χ1) is 17.6. The van der Waals surface area contributed by atoms with Gasteiger partial charge < -0.3 is 9.73 Å². The number of benzene rings is 2. The largest absolute Gasteiger partial charge is 0.441 e. The lowest BCUT2D eigenvalue weighted by Crippen LogP contribution is -2.23. The molecule has 0 aliphatic carbocycles. The fourth-order valence-corrected chi connectivity index (χ4v) is 4.33. The molecule has 0 unspecified atom stereocenters. The maximum Gasteiger partial charge on any atom is 0.433 e. The van der Waals surface area contributed by atoms with Gasteiger partial charge in [0.05, 0.1) is 11.9 Å². The molecule has 0 saturated heterocycles. The molecule has 2 aromatic carbocycles. The molecule has 2 aromatic heterocycles. The maximum atomic E-state index is 12.6. The van der Waals surface area contributed by atoms with Crippen LogP contribution < -0.4 is 10.0 Å². The summed E-state index contributed by atoms with van der Waals surface area (Å²) in [5, 5.41) is 2.58. The predicted molar refractivity (Wildman–Crippen MR) is 130 cm³/mol. The van der Waals surface area contributed by atoms with E-state index in [1.54, 1.807) is 6.20 Å². The molecule has 1 amide bonds. The molecule has 192 valence electrons. The number of amides is 1. The van der Waals surface area contributed by atoms with Gasteiger partial charge in [-0.15, -0.1) is 0 Å². The third-order valence-corrected chi connectivity index (χ3v) is 6.47. The Balaban J connectivity index is 1.28. The van der Waals surface area contributed by atoms with Crippen molar-refractivity contribution in [2.75, 3.05) is 10.5 Å². The average Bonchev–Trinajstić information content (AvgIpc) is 3.36. The molecule has 12 heteroatoms. The summed E-state index contributed by atoms with van der Waals surface area (Å²) < 4.78 is 70.8. The van der Waals surface area contributed by atoms with Crippen molar-refractivity contribution in [3.8, 4) is 11.3 Å². The summed E-state index contributed by atoms with van der Waals surface area (Å²) >= 11 is 0. The van der Waals surface area contributed by atoms with Crippen molar-refractivity contribution >= 4 is 21.6 Å². The van der Waals surface area contributed by atoms with Crippen LogP contribution in [0.5, 0.6) is 0 Å². The van der Waals surface area contributed by atoms with Gasteiger partial charge in [0.25, 0.3) is 5.91 Å². The highest BCUT2D eigenvalue weighted by Crippen LogP contribution is 2.27. The van der Waals surface area contributed by atoms with Crippen LogP contribution in [0.4, 0.5) is 18.9 Å². The Kier molecular flexibility index (Phi) is 7.58. The Morgan fingerprint density at radius 2 is 1.65 bits per heavy atom. The SMILES string of the molecule is O=C(NCc1ccc(C(F)(F)F)nc1)c1ccc(NS(=O)(=O)CCc2ncc(-c3ccccc3)o2)cc1. The lowest BCUT2D eigenvalue weighted by molar-refractivity contribution is -0.141. The van der Waals surface area contributed by atoms with Crippen LogP contribution in [0.2, 0.25) is 0 Å². The molecule has 2 N–H and O–H groups in total. The molecule has 0 atom stereocenters. The summed E-state index contributed by atoms with van der Waals surface area (Å²) in [4.78, 5) is 19.8. The number of aromatic nitrogens is 2. The van der Waals surface area contributed by atoms with E-state index in [4.69, 9.17) is 4.42 Å². The number of aryl methyl sites for hydroxylation is 1. The maximum absolute atomic E-state index is 12.6. The minimum Gasteiger partial charge on any atom is -0.441 e. The summed E-state index contributed by atoms with van der Waals surface area (Å²) in [5.74, 6) is 0.0989. The van der Waals surface area contributed by atoms with E-state index < -0.39 is 27.8 Å². The van der Waals surface area contributed by atoms with Gasteiger partial charge in [0.1, 0.15) is 5.69 Å². The number of hydrogen-bond acceptors (Lipinski definition) is 6. The summed E-state index contributed by atoms with van der Waals surface area (Å²) in [5.41, 5.74) is 0.727. The molecule has 0 bridgehead atoms. The number of carbonyl (C=O) groups excluding carboxylic acids is 1. The van der Waals surface area contributed by atoms with Crippen LogP contribution in [0.15, 0.2) is 83.5 Å². The van der Waals surface area contributed by atoms with Gasteiger partial charge in [0, 0.05) is 36.0 Å². The molecular weight excluding hydrogens is 509 g/mol. The van der Waals surface area contributed by atoms with Crippen molar-refractivity contribution in [2.24, 2.45) is 0 Å². The third-order valence-electron chi connectivity index (χ3n) is 5.19. The number of anilines is 1. The number of nitrogens with one attached hydrogen (secondary N) is 2. The Bertz CT molecular complexity index is 1450. The predicted octanol–water partition coefficient (Wildman–Crippen LogP) is 4.67. The fourth-order valence-electron chi connectivity index (χ4n) is 3.28. The molecule has 8 nitrogen and oxygen atoms in total. The second-order valence-corrected chi connectivity index (χ2v) is 9.81. The number of halogens is 3. The van der Waals surface area contributed by atoms with Gasteiger partial charge in [-0.25, -0.2) is 13.4 Å². The zero-order chi connectivity index (χ0) is 26.5. The van der Waals surface area contributed by atoms with E-state index in [0.717, 1.165) is 17.8 Å². The van der Waals surface area contributed by atoms with Gasteiger partial charge in [0.15, 0.2) is 11.7 Å². The second kappa shape index (κ2) is 10.8. The number of oxazole rings is 1. The Labute approximate surface area is 210 Å². The van der Waals surface area contributed by atoms with Gasteiger partial charge in [0.2, 0.25) is 10.0 Å². The lowest BCUT2D eigenvalue weighted by atomic mass is 10.2. The molecular formula is C25H21F3N4O4S. The summed E-state index contributed by atoms with van der Waals surface area (Å²) in [6.45, 7) is -0.0227. The van der Waals surface area contributed by atoms with Gasteiger partial charge in [-0.05, 0) is 35.9 Å². The molecule has 4 aromatic rings. The Morgan fingerprint density at radius 3 is 2.30 bits per heavy atom. The van der Waals surface area contributed by atoms with Crippen LogP contribution in [0, 0.1) is 0 Å². The highest BCUT2D eigenvalue weighted by molar-refractivity contribution is 7.92. The number of hydrogen-bond donors (Lipinski definition) is 2. The first-order valence-electron chi connectivity index (χ1n) is 11.0. The topological polar surface area (TPSA) is 114 Å². The number of sulfonamides is 1. The lowest BCUT2D eigenvalue weighted by Gasteiger charge is -2.09. The van der Waals surface area contributed by atoms with Crippen LogP contribution >= 0.6 is 0 Å². The van der Waals surface area contributed by atoms with Gasteiger partial charge in [-0.1, -0.05) is 36.4 Å². The smallest absolute Gasteiger partial charge is 0.433 e. The molecule has 0 saturated carbocycles. The van der Waals surface area contributed by atoms with Gasteiger partial charge >= 0.3 is 6.18 Å². The van der Waals surface area contributed by atoms with Crippen molar-refractivity contribution in [2.45, 2.75) is 19.1 Å². The van der Waals surface area contributed by atoms with Crippen molar-refractivity contribution in [1.82, 2.24) is 15.3 Å². The molecule has 0 aliphatic rings. The van der Waals surface area contributed by atoms with Crippen LogP contribution in [-0.2, 0) is 29.2 Å².